The summed E-state index contributed by atoms with van der Waals surface area (Å²) < 4.78 is 1.12. The topological polar surface area (TPSA) is 79.4 Å². The van der Waals surface area contributed by atoms with Crippen molar-refractivity contribution >= 4 is 39.0 Å². The normalized spacial score (nSPS) is 15.8. The number of fused-ring (bicyclic) bond motifs is 1. The fraction of sp³-hybridized carbons (Fsp3) is 0.613. The van der Waals surface area contributed by atoms with Crippen molar-refractivity contribution in [2.24, 2.45) is 11.8 Å². The summed E-state index contributed by atoms with van der Waals surface area (Å²) in [6, 6.07) is 6.28. The summed E-state index contributed by atoms with van der Waals surface area (Å²) in [5.41, 5.74) is 2.82. The predicted molar refractivity (Wildman–Crippen MR) is 157 cm³/mol. The minimum atomic E-state index is -0.462. The SMILES string of the molecule is C=C(CN(C)C)C(=O)CC[C@@H](NC(=O)[C@@H](CC(=O)CC)Cc1nc2ccc(C(C)C)cc2s1)C1CCCC1. The minimum absolute atomic E-state index is 0.0592. The first-order valence-corrected chi connectivity index (χ1v) is 15.0. The van der Waals surface area contributed by atoms with Crippen molar-refractivity contribution in [3.63, 3.8) is 0 Å². The fourth-order valence-corrected chi connectivity index (χ4v) is 6.44. The lowest BCUT2D eigenvalue weighted by Gasteiger charge is -2.27. The third-order valence-electron chi connectivity index (χ3n) is 7.66. The molecular weight excluding hydrogens is 494 g/mol. The summed E-state index contributed by atoms with van der Waals surface area (Å²) >= 11 is 1.61. The molecule has 1 aromatic heterocycles. The van der Waals surface area contributed by atoms with Crippen LogP contribution in [0.3, 0.4) is 0 Å². The molecule has 6 nitrogen and oxygen atoms in total. The number of carbonyl (C=O) groups is 3. The molecule has 1 aromatic carbocycles. The molecule has 1 N–H and O–H groups in total. The third kappa shape index (κ3) is 8.57. The molecule has 2 atom stereocenters. The van der Waals surface area contributed by atoms with Gasteiger partial charge in [0.05, 0.1) is 21.1 Å². The molecule has 38 heavy (non-hydrogen) atoms. The highest BCUT2D eigenvalue weighted by Crippen LogP contribution is 2.31. The molecule has 0 radical (unpaired) electrons. The van der Waals surface area contributed by atoms with E-state index in [9.17, 15) is 14.4 Å². The number of hydrogen-bond acceptors (Lipinski definition) is 6. The highest BCUT2D eigenvalue weighted by atomic mass is 32.1. The summed E-state index contributed by atoms with van der Waals surface area (Å²) in [4.78, 5) is 45.6. The quantitative estimate of drug-likeness (QED) is 0.277. The number of rotatable bonds is 15. The Kier molecular flexibility index (Phi) is 11.2. The average molecular weight is 540 g/mol. The summed E-state index contributed by atoms with van der Waals surface area (Å²) in [6.45, 7) is 10.7. The van der Waals surface area contributed by atoms with Crippen molar-refractivity contribution in [1.82, 2.24) is 15.2 Å². The van der Waals surface area contributed by atoms with Gasteiger partial charge in [0, 0.05) is 43.8 Å². The standard InChI is InChI=1S/C31H45N3O3S/c1-7-25(35)16-24(18-30-32-27-13-12-23(20(2)3)17-29(27)38-30)31(37)33-26(22-10-8-9-11-22)14-15-28(36)21(4)19-34(5)6/h12-13,17,20,22,24,26H,4,7-11,14-16,18-19H2,1-3,5-6H3,(H,33,37)/t24-,26+/m0/s1. The van der Waals surface area contributed by atoms with Crippen molar-refractivity contribution in [2.75, 3.05) is 20.6 Å². The lowest BCUT2D eigenvalue weighted by Crippen LogP contribution is -2.44. The number of carbonyl (C=O) groups excluding carboxylic acids is 3. The number of ketones is 2. The molecule has 0 bridgehead atoms. The number of likely N-dealkylation sites (N-methyl/N-ethyl adjacent to an activating group) is 1. The van der Waals surface area contributed by atoms with E-state index >= 15 is 0 Å². The number of amides is 1. The molecule has 1 fully saturated rings. The molecular formula is C31H45N3O3S. The Bertz CT molecular complexity index is 1130. The third-order valence-corrected chi connectivity index (χ3v) is 8.70. The van der Waals surface area contributed by atoms with Crippen LogP contribution in [0.4, 0.5) is 0 Å². The van der Waals surface area contributed by atoms with Gasteiger partial charge in [0.1, 0.15) is 5.78 Å². The van der Waals surface area contributed by atoms with Gasteiger partial charge in [-0.3, -0.25) is 14.4 Å². The van der Waals surface area contributed by atoms with Gasteiger partial charge in [-0.05, 0) is 62.9 Å². The van der Waals surface area contributed by atoms with E-state index in [0.29, 0.717) is 49.6 Å². The summed E-state index contributed by atoms with van der Waals surface area (Å²) in [6.07, 6.45) is 6.49. The summed E-state index contributed by atoms with van der Waals surface area (Å²) in [7, 11) is 3.85. The lowest BCUT2D eigenvalue weighted by atomic mass is 9.90. The van der Waals surface area contributed by atoms with Crippen LogP contribution in [0, 0.1) is 11.8 Å². The molecule has 1 heterocycles. The van der Waals surface area contributed by atoms with Gasteiger partial charge in [0.2, 0.25) is 5.91 Å². The molecule has 0 saturated heterocycles. The number of nitrogens with zero attached hydrogens (tertiary/aromatic N) is 2. The highest BCUT2D eigenvalue weighted by molar-refractivity contribution is 7.18. The van der Waals surface area contributed by atoms with Crippen molar-refractivity contribution in [1.29, 1.82) is 0 Å². The Morgan fingerprint density at radius 3 is 2.53 bits per heavy atom. The van der Waals surface area contributed by atoms with E-state index in [1.54, 1.807) is 11.3 Å². The minimum Gasteiger partial charge on any atom is -0.353 e. The fourth-order valence-electron chi connectivity index (χ4n) is 5.34. The van der Waals surface area contributed by atoms with Crippen molar-refractivity contribution < 1.29 is 14.4 Å². The van der Waals surface area contributed by atoms with Gasteiger partial charge in [-0.1, -0.05) is 46.3 Å². The largest absolute Gasteiger partial charge is 0.353 e. The first-order valence-electron chi connectivity index (χ1n) is 14.1. The first-order chi connectivity index (χ1) is 18.1. The maximum atomic E-state index is 13.7. The number of thiazole rings is 1. The molecule has 0 aliphatic heterocycles. The maximum Gasteiger partial charge on any atom is 0.224 e. The van der Waals surface area contributed by atoms with Gasteiger partial charge in [0.15, 0.2) is 5.78 Å². The van der Waals surface area contributed by atoms with Gasteiger partial charge in [-0.2, -0.15) is 0 Å². The van der Waals surface area contributed by atoms with Crippen LogP contribution >= 0.6 is 11.3 Å². The van der Waals surface area contributed by atoms with Crippen LogP contribution in [0.1, 0.15) is 88.6 Å². The number of aromatic nitrogens is 1. The number of nitrogens with one attached hydrogen (secondary N) is 1. The van der Waals surface area contributed by atoms with Crippen LogP contribution in [-0.4, -0.2) is 54.0 Å². The van der Waals surface area contributed by atoms with Gasteiger partial charge in [-0.25, -0.2) is 4.98 Å². The second-order valence-electron chi connectivity index (χ2n) is 11.4. The second kappa shape index (κ2) is 14.1. The van der Waals surface area contributed by atoms with Gasteiger partial charge >= 0.3 is 0 Å². The molecule has 2 aromatic rings. The predicted octanol–water partition coefficient (Wildman–Crippen LogP) is 6.09. The smallest absolute Gasteiger partial charge is 0.224 e. The van der Waals surface area contributed by atoms with Gasteiger partial charge < -0.3 is 10.2 Å². The van der Waals surface area contributed by atoms with E-state index in [0.717, 1.165) is 40.9 Å². The van der Waals surface area contributed by atoms with E-state index in [1.165, 1.54) is 5.56 Å². The molecule has 208 valence electrons. The number of hydrogen-bond donors (Lipinski definition) is 1. The van der Waals surface area contributed by atoms with E-state index < -0.39 is 5.92 Å². The number of benzene rings is 1. The van der Waals surface area contributed by atoms with Crippen LogP contribution in [0.5, 0.6) is 0 Å². The van der Waals surface area contributed by atoms with Crippen LogP contribution in [0.2, 0.25) is 0 Å². The zero-order chi connectivity index (χ0) is 27.8. The Hall–Kier alpha value is -2.38. The monoisotopic (exact) mass is 539 g/mol. The first kappa shape index (κ1) is 30.2. The second-order valence-corrected chi connectivity index (χ2v) is 12.6. The molecule has 0 spiro atoms. The van der Waals surface area contributed by atoms with Crippen LogP contribution in [0.25, 0.3) is 10.2 Å². The van der Waals surface area contributed by atoms with Crippen molar-refractivity contribution in [3.05, 3.63) is 40.9 Å². The molecule has 1 aliphatic rings. The van der Waals surface area contributed by atoms with E-state index in [2.05, 4.69) is 37.9 Å². The maximum absolute atomic E-state index is 13.7. The average Bonchev–Trinajstić information content (AvgIpc) is 3.54. The Balaban J connectivity index is 1.74. The van der Waals surface area contributed by atoms with Gasteiger partial charge in [-0.15, -0.1) is 11.3 Å². The van der Waals surface area contributed by atoms with Crippen molar-refractivity contribution in [3.8, 4) is 0 Å². The highest BCUT2D eigenvalue weighted by Gasteiger charge is 2.31. The Morgan fingerprint density at radius 2 is 1.89 bits per heavy atom. The molecule has 0 unspecified atom stereocenters. The number of Topliss-reactive ketones (excluding diaryl/α,β-unsaturated/α-hetero) is 2. The van der Waals surface area contributed by atoms with Crippen LogP contribution < -0.4 is 5.32 Å². The summed E-state index contributed by atoms with van der Waals surface area (Å²) in [5, 5.41) is 4.18. The lowest BCUT2D eigenvalue weighted by molar-refractivity contribution is -0.130. The van der Waals surface area contributed by atoms with Crippen LogP contribution in [-0.2, 0) is 20.8 Å². The van der Waals surface area contributed by atoms with Crippen molar-refractivity contribution in [2.45, 2.75) is 90.5 Å². The zero-order valence-electron chi connectivity index (χ0n) is 23.8. The molecule has 1 saturated carbocycles. The molecule has 1 aliphatic carbocycles. The molecule has 3 rings (SSSR count). The Labute approximate surface area is 232 Å². The molecule has 7 heteroatoms. The van der Waals surface area contributed by atoms with E-state index in [4.69, 9.17) is 4.98 Å². The van der Waals surface area contributed by atoms with E-state index in [1.807, 2.05) is 32.0 Å². The van der Waals surface area contributed by atoms with Gasteiger partial charge in [0.25, 0.3) is 0 Å². The Morgan fingerprint density at radius 1 is 1.18 bits per heavy atom. The van der Waals surface area contributed by atoms with E-state index in [-0.39, 0.29) is 29.9 Å². The van der Waals surface area contributed by atoms with Crippen LogP contribution in [0.15, 0.2) is 30.4 Å². The molecule has 1 amide bonds. The zero-order valence-corrected chi connectivity index (χ0v) is 24.7. The summed E-state index contributed by atoms with van der Waals surface area (Å²) in [5.74, 6) is 0.393.